The van der Waals surface area contributed by atoms with Crippen molar-refractivity contribution in [2.45, 2.75) is 11.8 Å². The van der Waals surface area contributed by atoms with Gasteiger partial charge in [-0.25, -0.2) is 17.5 Å². The summed E-state index contributed by atoms with van der Waals surface area (Å²) >= 11 is 0. The van der Waals surface area contributed by atoms with Gasteiger partial charge in [0.2, 0.25) is 10.0 Å². The predicted molar refractivity (Wildman–Crippen MR) is 108 cm³/mol. The molecule has 1 aliphatic heterocycles. The summed E-state index contributed by atoms with van der Waals surface area (Å²) < 4.78 is 46.8. The number of aryl methyl sites for hydroxylation is 1. The summed E-state index contributed by atoms with van der Waals surface area (Å²) in [5, 5.41) is 0. The van der Waals surface area contributed by atoms with E-state index in [-0.39, 0.29) is 10.7 Å². The van der Waals surface area contributed by atoms with Crippen molar-refractivity contribution >= 4 is 15.7 Å². The van der Waals surface area contributed by atoms with Gasteiger partial charge < -0.3 is 9.64 Å². The van der Waals surface area contributed by atoms with Gasteiger partial charge in [0.15, 0.2) is 0 Å². The van der Waals surface area contributed by atoms with Gasteiger partial charge in [-0.1, -0.05) is 12.1 Å². The van der Waals surface area contributed by atoms with E-state index in [1.807, 2.05) is 11.0 Å². The molecule has 1 saturated heterocycles. The molecule has 0 bridgehead atoms. The summed E-state index contributed by atoms with van der Waals surface area (Å²) in [6.45, 7) is 5.64. The van der Waals surface area contributed by atoms with Crippen molar-refractivity contribution in [2.75, 3.05) is 51.3 Å². The van der Waals surface area contributed by atoms with Crippen LogP contribution in [-0.4, -0.2) is 59.7 Å². The van der Waals surface area contributed by atoms with Crippen LogP contribution in [0.2, 0.25) is 0 Å². The molecule has 0 spiro atoms. The van der Waals surface area contributed by atoms with Crippen molar-refractivity contribution in [2.24, 2.45) is 0 Å². The Morgan fingerprint density at radius 2 is 1.82 bits per heavy atom. The number of rotatable bonds is 7. The molecule has 0 aromatic heterocycles. The quantitative estimate of drug-likeness (QED) is 0.763. The van der Waals surface area contributed by atoms with E-state index in [4.69, 9.17) is 4.74 Å². The van der Waals surface area contributed by atoms with Crippen LogP contribution >= 0.6 is 0 Å². The predicted octanol–water partition coefficient (Wildman–Crippen LogP) is 2.24. The lowest BCUT2D eigenvalue weighted by Gasteiger charge is -2.36. The Labute approximate surface area is 166 Å². The number of hydrogen-bond acceptors (Lipinski definition) is 5. The lowest BCUT2D eigenvalue weighted by Crippen LogP contribution is -2.48. The Morgan fingerprint density at radius 1 is 1.11 bits per heavy atom. The van der Waals surface area contributed by atoms with Gasteiger partial charge in [-0.3, -0.25) is 4.90 Å². The molecular formula is C20H26FN3O3S. The molecule has 0 unspecified atom stereocenters. The lowest BCUT2D eigenvalue weighted by molar-refractivity contribution is 0.261. The minimum Gasteiger partial charge on any atom is -0.497 e. The Kier molecular flexibility index (Phi) is 6.53. The third kappa shape index (κ3) is 4.81. The summed E-state index contributed by atoms with van der Waals surface area (Å²) in [4.78, 5) is 4.47. The van der Waals surface area contributed by atoms with Crippen LogP contribution in [0, 0.1) is 12.7 Å². The standard InChI is InChI=1S/C20H26FN3O3S/c1-16-15-17(27-2)7-8-20(16)28(25,26)22-9-10-23-11-13-24(14-12-23)19-6-4-3-5-18(19)21/h3-8,15,22H,9-14H2,1-2H3. The number of hydrogen-bond donors (Lipinski definition) is 1. The van der Waals surface area contributed by atoms with E-state index in [9.17, 15) is 12.8 Å². The number of methoxy groups -OCH3 is 1. The third-order valence-corrected chi connectivity index (χ3v) is 6.58. The molecule has 8 heteroatoms. The molecule has 1 aliphatic rings. The Hall–Kier alpha value is -2.16. The highest BCUT2D eigenvalue weighted by Gasteiger charge is 2.21. The molecule has 1 N–H and O–H groups in total. The van der Waals surface area contributed by atoms with E-state index in [2.05, 4.69) is 9.62 Å². The molecular weight excluding hydrogens is 381 g/mol. The molecule has 28 heavy (non-hydrogen) atoms. The van der Waals surface area contributed by atoms with Gasteiger partial charge in [0.25, 0.3) is 0 Å². The first kappa shape index (κ1) is 20.6. The van der Waals surface area contributed by atoms with Crippen molar-refractivity contribution in [3.8, 4) is 5.75 Å². The number of para-hydroxylation sites is 1. The Bertz CT molecular complexity index is 913. The van der Waals surface area contributed by atoms with Crippen molar-refractivity contribution in [1.29, 1.82) is 0 Å². The summed E-state index contributed by atoms with van der Waals surface area (Å²) in [7, 11) is -2.02. The maximum absolute atomic E-state index is 13.9. The van der Waals surface area contributed by atoms with Crippen molar-refractivity contribution in [3.05, 3.63) is 53.8 Å². The van der Waals surface area contributed by atoms with Gasteiger partial charge in [-0.05, 0) is 42.8 Å². The van der Waals surface area contributed by atoms with Crippen molar-refractivity contribution < 1.29 is 17.5 Å². The van der Waals surface area contributed by atoms with E-state index in [1.165, 1.54) is 6.07 Å². The second kappa shape index (κ2) is 8.89. The highest BCUT2D eigenvalue weighted by atomic mass is 32.2. The average Bonchev–Trinajstić information content (AvgIpc) is 2.68. The molecule has 0 atom stereocenters. The second-order valence-corrected chi connectivity index (χ2v) is 8.54. The smallest absolute Gasteiger partial charge is 0.240 e. The molecule has 2 aromatic carbocycles. The first-order chi connectivity index (χ1) is 13.4. The van der Waals surface area contributed by atoms with Gasteiger partial charge in [-0.2, -0.15) is 0 Å². The van der Waals surface area contributed by atoms with Crippen molar-refractivity contribution in [1.82, 2.24) is 9.62 Å². The van der Waals surface area contributed by atoms with Gasteiger partial charge in [0.05, 0.1) is 17.7 Å². The Morgan fingerprint density at radius 3 is 2.46 bits per heavy atom. The minimum absolute atomic E-state index is 0.210. The van der Waals surface area contributed by atoms with Gasteiger partial charge in [-0.15, -0.1) is 0 Å². The van der Waals surface area contributed by atoms with E-state index >= 15 is 0 Å². The third-order valence-electron chi connectivity index (χ3n) is 4.96. The zero-order valence-electron chi connectivity index (χ0n) is 16.2. The highest BCUT2D eigenvalue weighted by molar-refractivity contribution is 7.89. The number of anilines is 1. The van der Waals surface area contributed by atoms with Crippen LogP contribution in [-0.2, 0) is 10.0 Å². The van der Waals surface area contributed by atoms with E-state index < -0.39 is 10.0 Å². The van der Waals surface area contributed by atoms with Crippen LogP contribution in [0.1, 0.15) is 5.56 Å². The summed E-state index contributed by atoms with van der Waals surface area (Å²) in [5.74, 6) is 0.419. The molecule has 1 fully saturated rings. The number of halogens is 1. The largest absolute Gasteiger partial charge is 0.497 e. The fourth-order valence-electron chi connectivity index (χ4n) is 3.39. The van der Waals surface area contributed by atoms with Gasteiger partial charge >= 0.3 is 0 Å². The molecule has 1 heterocycles. The highest BCUT2D eigenvalue weighted by Crippen LogP contribution is 2.21. The lowest BCUT2D eigenvalue weighted by atomic mass is 10.2. The van der Waals surface area contributed by atoms with Crippen LogP contribution in [0.4, 0.5) is 10.1 Å². The molecule has 0 aliphatic carbocycles. The van der Waals surface area contributed by atoms with E-state index in [0.717, 1.165) is 13.1 Å². The number of nitrogens with zero attached hydrogens (tertiary/aromatic N) is 2. The second-order valence-electron chi connectivity index (χ2n) is 6.81. The zero-order valence-corrected chi connectivity index (χ0v) is 17.0. The molecule has 152 valence electrons. The summed E-state index contributed by atoms with van der Waals surface area (Å²) in [5.41, 5.74) is 1.27. The van der Waals surface area contributed by atoms with E-state index in [0.29, 0.717) is 43.2 Å². The number of benzene rings is 2. The van der Waals surface area contributed by atoms with Crippen molar-refractivity contribution in [3.63, 3.8) is 0 Å². The molecule has 0 amide bonds. The monoisotopic (exact) mass is 407 g/mol. The number of nitrogens with one attached hydrogen (secondary N) is 1. The van der Waals surface area contributed by atoms with Crippen LogP contribution < -0.4 is 14.4 Å². The molecule has 3 rings (SSSR count). The number of sulfonamides is 1. The zero-order chi connectivity index (χ0) is 20.1. The molecule has 2 aromatic rings. The minimum atomic E-state index is -3.57. The van der Waals surface area contributed by atoms with Crippen LogP contribution in [0.25, 0.3) is 0 Å². The van der Waals surface area contributed by atoms with Crippen LogP contribution in [0.3, 0.4) is 0 Å². The maximum atomic E-state index is 13.9. The Balaban J connectivity index is 1.50. The molecule has 0 saturated carbocycles. The fraction of sp³-hybridized carbons (Fsp3) is 0.400. The maximum Gasteiger partial charge on any atom is 0.240 e. The number of ether oxygens (including phenoxy) is 1. The summed E-state index contributed by atoms with van der Waals surface area (Å²) in [6.07, 6.45) is 0. The van der Waals surface area contributed by atoms with Crippen LogP contribution in [0.5, 0.6) is 5.75 Å². The van der Waals surface area contributed by atoms with Gasteiger partial charge in [0, 0.05) is 39.3 Å². The topological polar surface area (TPSA) is 61.9 Å². The molecule has 6 nitrogen and oxygen atoms in total. The number of piperazine rings is 1. The van der Waals surface area contributed by atoms with Gasteiger partial charge in [0.1, 0.15) is 11.6 Å². The fourth-order valence-corrected chi connectivity index (χ4v) is 4.63. The van der Waals surface area contributed by atoms with E-state index in [1.54, 1.807) is 44.4 Å². The van der Waals surface area contributed by atoms with Crippen LogP contribution in [0.15, 0.2) is 47.4 Å². The average molecular weight is 408 g/mol. The normalized spacial score (nSPS) is 15.6. The first-order valence-electron chi connectivity index (χ1n) is 9.27. The SMILES string of the molecule is COc1ccc(S(=O)(=O)NCCN2CCN(c3ccccc3F)CC2)c(C)c1. The molecule has 0 radical (unpaired) electrons. The summed E-state index contributed by atoms with van der Waals surface area (Å²) in [6, 6.07) is 11.7. The first-order valence-corrected chi connectivity index (χ1v) is 10.7.